The molecule has 0 unspecified atom stereocenters. The van der Waals surface area contributed by atoms with Gasteiger partial charge in [0.05, 0.1) is 18.0 Å². The second kappa shape index (κ2) is 8.16. The van der Waals surface area contributed by atoms with Gasteiger partial charge in [-0.1, -0.05) is 22.0 Å². The minimum absolute atomic E-state index is 0.132. The van der Waals surface area contributed by atoms with Crippen molar-refractivity contribution in [2.24, 2.45) is 11.1 Å². The van der Waals surface area contributed by atoms with Gasteiger partial charge in [-0.25, -0.2) is 15.1 Å². The van der Waals surface area contributed by atoms with Crippen molar-refractivity contribution in [2.75, 3.05) is 11.9 Å². The highest BCUT2D eigenvalue weighted by Gasteiger charge is 2.29. The highest BCUT2D eigenvalue weighted by Crippen LogP contribution is 2.39. The number of halogens is 1. The SMILES string of the molecule is NS(=O)(=O)OC[C@H]1CC[C@H](n2ccc3c(N[C@H]4CCc5cc(Br)ccc54)ncnc32)C1. The van der Waals surface area contributed by atoms with Crippen LogP contribution in [0.1, 0.15) is 48.9 Å². The summed E-state index contributed by atoms with van der Waals surface area (Å²) in [6.45, 7) is 0.132. The minimum atomic E-state index is -3.90. The average molecular weight is 506 g/mol. The topological polar surface area (TPSA) is 112 Å². The van der Waals surface area contributed by atoms with Crippen LogP contribution in [0.25, 0.3) is 11.0 Å². The standard InChI is InChI=1S/C21H24BrN5O3S/c22-15-3-5-17-14(10-15)2-6-19(17)26-20-18-7-8-27(21(18)25-12-24-20)16-4-1-13(9-16)11-30-31(23,28)29/h3,5,7-8,10,12-13,16,19H,1-2,4,6,9,11H2,(H2,23,28,29)(H,24,25,26)/t13-,16-,19-/m0/s1. The lowest BCUT2D eigenvalue weighted by atomic mass is 10.1. The quantitative estimate of drug-likeness (QED) is 0.525. The molecule has 3 N–H and O–H groups in total. The molecule has 8 nitrogen and oxygen atoms in total. The van der Waals surface area contributed by atoms with Crippen LogP contribution in [0.5, 0.6) is 0 Å². The molecule has 2 aromatic heterocycles. The van der Waals surface area contributed by atoms with E-state index in [0.717, 1.165) is 53.4 Å². The van der Waals surface area contributed by atoms with Crippen molar-refractivity contribution in [3.8, 4) is 0 Å². The fraction of sp³-hybridized carbons (Fsp3) is 0.429. The molecule has 0 spiro atoms. The van der Waals surface area contributed by atoms with Crippen LogP contribution in [0.2, 0.25) is 0 Å². The summed E-state index contributed by atoms with van der Waals surface area (Å²) in [6.07, 6.45) is 8.41. The Morgan fingerprint density at radius 3 is 2.94 bits per heavy atom. The molecule has 3 atom stereocenters. The van der Waals surface area contributed by atoms with Crippen molar-refractivity contribution >= 4 is 43.1 Å². The first kappa shape index (κ1) is 20.9. The Hall–Kier alpha value is -2.01. The summed E-state index contributed by atoms with van der Waals surface area (Å²) in [6, 6.07) is 8.99. The Balaban J connectivity index is 1.34. The molecule has 0 amide bonds. The molecule has 10 heteroatoms. The monoisotopic (exact) mass is 505 g/mol. The van der Waals surface area contributed by atoms with Crippen LogP contribution in [0.4, 0.5) is 5.82 Å². The van der Waals surface area contributed by atoms with Crippen LogP contribution < -0.4 is 10.5 Å². The van der Waals surface area contributed by atoms with Gasteiger partial charge < -0.3 is 9.88 Å². The number of anilines is 1. The normalized spacial score (nSPS) is 23.4. The lowest BCUT2D eigenvalue weighted by Gasteiger charge is -2.17. The van der Waals surface area contributed by atoms with Crippen LogP contribution in [0.15, 0.2) is 41.3 Å². The summed E-state index contributed by atoms with van der Waals surface area (Å²) in [5.41, 5.74) is 3.58. The lowest BCUT2D eigenvalue weighted by Crippen LogP contribution is -2.19. The maximum Gasteiger partial charge on any atom is 0.333 e. The highest BCUT2D eigenvalue weighted by molar-refractivity contribution is 9.10. The zero-order valence-corrected chi connectivity index (χ0v) is 19.3. The van der Waals surface area contributed by atoms with Gasteiger partial charge in [0.2, 0.25) is 0 Å². The Morgan fingerprint density at radius 1 is 1.23 bits per heavy atom. The number of rotatable bonds is 6. The van der Waals surface area contributed by atoms with E-state index in [-0.39, 0.29) is 24.6 Å². The molecule has 2 aliphatic rings. The molecule has 1 aromatic carbocycles. The number of aromatic nitrogens is 3. The Bertz CT molecular complexity index is 1230. The smallest absolute Gasteiger partial charge is 0.333 e. The summed E-state index contributed by atoms with van der Waals surface area (Å²) < 4.78 is 30.2. The fourth-order valence-electron chi connectivity index (χ4n) is 4.93. The maximum absolute atomic E-state index is 11.1. The Kier molecular flexibility index (Phi) is 5.49. The van der Waals surface area contributed by atoms with E-state index in [1.54, 1.807) is 6.33 Å². The number of hydrogen-bond donors (Lipinski definition) is 2. The van der Waals surface area contributed by atoms with Gasteiger partial charge in [-0.05, 0) is 67.3 Å². The van der Waals surface area contributed by atoms with E-state index in [2.05, 4.69) is 66.2 Å². The first-order valence-electron chi connectivity index (χ1n) is 10.4. The van der Waals surface area contributed by atoms with Crippen molar-refractivity contribution in [1.82, 2.24) is 14.5 Å². The molecule has 31 heavy (non-hydrogen) atoms. The van der Waals surface area contributed by atoms with Crippen molar-refractivity contribution in [1.29, 1.82) is 0 Å². The Morgan fingerprint density at radius 2 is 2.10 bits per heavy atom. The Labute approximate surface area is 189 Å². The molecule has 1 saturated carbocycles. The van der Waals surface area contributed by atoms with Gasteiger partial charge in [0.1, 0.15) is 17.8 Å². The van der Waals surface area contributed by atoms with E-state index in [0.29, 0.717) is 0 Å². The summed E-state index contributed by atoms with van der Waals surface area (Å²) in [5, 5.41) is 9.58. The third-order valence-electron chi connectivity index (χ3n) is 6.38. The van der Waals surface area contributed by atoms with Crippen molar-refractivity contribution < 1.29 is 12.6 Å². The zero-order valence-electron chi connectivity index (χ0n) is 16.9. The molecule has 3 aromatic rings. The zero-order chi connectivity index (χ0) is 21.6. The van der Waals surface area contributed by atoms with E-state index >= 15 is 0 Å². The van der Waals surface area contributed by atoms with Crippen LogP contribution >= 0.6 is 15.9 Å². The summed E-state index contributed by atoms with van der Waals surface area (Å²) in [4.78, 5) is 9.07. The van der Waals surface area contributed by atoms with E-state index in [1.807, 2.05) is 0 Å². The van der Waals surface area contributed by atoms with Gasteiger partial charge in [0.15, 0.2) is 0 Å². The number of hydrogen-bond acceptors (Lipinski definition) is 6. The first-order valence-corrected chi connectivity index (χ1v) is 12.7. The molecule has 0 bridgehead atoms. The van der Waals surface area contributed by atoms with Crippen molar-refractivity contribution in [3.05, 3.63) is 52.4 Å². The number of nitrogens with zero attached hydrogens (tertiary/aromatic N) is 3. The van der Waals surface area contributed by atoms with E-state index in [1.165, 1.54) is 11.1 Å². The van der Waals surface area contributed by atoms with Gasteiger partial charge in [-0.15, -0.1) is 0 Å². The fourth-order valence-corrected chi connectivity index (χ4v) is 5.72. The van der Waals surface area contributed by atoms with E-state index < -0.39 is 10.3 Å². The second-order valence-corrected chi connectivity index (χ2v) is 10.5. The minimum Gasteiger partial charge on any atom is -0.363 e. The highest BCUT2D eigenvalue weighted by atomic mass is 79.9. The van der Waals surface area contributed by atoms with Gasteiger partial charge >= 0.3 is 10.3 Å². The van der Waals surface area contributed by atoms with Gasteiger partial charge in [-0.3, -0.25) is 4.18 Å². The molecule has 5 rings (SSSR count). The van der Waals surface area contributed by atoms with Crippen LogP contribution in [0, 0.1) is 5.92 Å². The third-order valence-corrected chi connectivity index (χ3v) is 7.34. The summed E-state index contributed by atoms with van der Waals surface area (Å²) >= 11 is 3.56. The molecule has 2 heterocycles. The van der Waals surface area contributed by atoms with Gasteiger partial charge in [0, 0.05) is 16.7 Å². The number of fused-ring (bicyclic) bond motifs is 2. The average Bonchev–Trinajstić information content (AvgIpc) is 3.44. The molecule has 0 saturated heterocycles. The first-order chi connectivity index (χ1) is 14.9. The van der Waals surface area contributed by atoms with Crippen LogP contribution in [-0.4, -0.2) is 29.6 Å². The van der Waals surface area contributed by atoms with Crippen LogP contribution in [0.3, 0.4) is 0 Å². The second-order valence-electron chi connectivity index (χ2n) is 8.37. The molecular formula is C21H24BrN5O3S. The molecule has 0 radical (unpaired) electrons. The molecule has 1 fully saturated rings. The predicted octanol–water partition coefficient (Wildman–Crippen LogP) is 3.85. The number of benzene rings is 1. The van der Waals surface area contributed by atoms with E-state index in [9.17, 15) is 8.42 Å². The largest absolute Gasteiger partial charge is 0.363 e. The lowest BCUT2D eigenvalue weighted by molar-refractivity contribution is 0.253. The maximum atomic E-state index is 11.1. The summed E-state index contributed by atoms with van der Waals surface area (Å²) in [5.74, 6) is 1.01. The molecular weight excluding hydrogens is 482 g/mol. The number of aryl methyl sites for hydroxylation is 1. The predicted molar refractivity (Wildman–Crippen MR) is 122 cm³/mol. The molecule has 164 valence electrons. The van der Waals surface area contributed by atoms with Gasteiger partial charge in [0.25, 0.3) is 0 Å². The van der Waals surface area contributed by atoms with Crippen molar-refractivity contribution in [2.45, 2.75) is 44.2 Å². The van der Waals surface area contributed by atoms with Crippen LogP contribution in [-0.2, 0) is 20.9 Å². The van der Waals surface area contributed by atoms with E-state index in [4.69, 9.17) is 9.32 Å². The number of nitrogens with one attached hydrogen (secondary N) is 1. The molecule has 0 aliphatic heterocycles. The third kappa shape index (κ3) is 4.34. The van der Waals surface area contributed by atoms with Crippen molar-refractivity contribution in [3.63, 3.8) is 0 Å². The van der Waals surface area contributed by atoms with Gasteiger partial charge in [-0.2, -0.15) is 8.42 Å². The molecule has 2 aliphatic carbocycles. The summed E-state index contributed by atoms with van der Waals surface area (Å²) in [7, 11) is -3.90. The number of nitrogens with two attached hydrogens (primary N) is 1.